The van der Waals surface area contributed by atoms with E-state index in [1.165, 1.54) is 24.4 Å². The van der Waals surface area contributed by atoms with Gasteiger partial charge in [-0.3, -0.25) is 0 Å². The van der Waals surface area contributed by atoms with Crippen LogP contribution in [0.1, 0.15) is 37.6 Å². The van der Waals surface area contributed by atoms with Crippen LogP contribution in [0.3, 0.4) is 0 Å². The molecule has 96 valence electrons. The number of aromatic nitrogens is 1. The molecule has 2 rings (SSSR count). The molecule has 0 radical (unpaired) electrons. The van der Waals surface area contributed by atoms with Crippen molar-refractivity contribution in [2.24, 2.45) is 0 Å². The van der Waals surface area contributed by atoms with Gasteiger partial charge in [-0.1, -0.05) is 6.92 Å². The predicted molar refractivity (Wildman–Crippen MR) is 73.6 cm³/mol. The molecule has 0 aliphatic carbocycles. The van der Waals surface area contributed by atoms with Gasteiger partial charge in [-0.25, -0.2) is 4.98 Å². The Morgan fingerprint density at radius 2 is 2.47 bits per heavy atom. The van der Waals surface area contributed by atoms with Gasteiger partial charge >= 0.3 is 0 Å². The lowest BCUT2D eigenvalue weighted by Gasteiger charge is -2.35. The van der Waals surface area contributed by atoms with Gasteiger partial charge in [-0.15, -0.1) is 11.3 Å². The van der Waals surface area contributed by atoms with E-state index in [9.17, 15) is 0 Å². The van der Waals surface area contributed by atoms with E-state index < -0.39 is 0 Å². The van der Waals surface area contributed by atoms with Gasteiger partial charge in [0.15, 0.2) is 0 Å². The van der Waals surface area contributed by atoms with E-state index in [4.69, 9.17) is 0 Å². The van der Waals surface area contributed by atoms with Gasteiger partial charge in [0.2, 0.25) is 0 Å². The Morgan fingerprint density at radius 3 is 3.12 bits per heavy atom. The second-order valence-electron chi connectivity index (χ2n) is 5.23. The highest BCUT2D eigenvalue weighted by atomic mass is 32.1. The number of likely N-dealkylation sites (tertiary alicyclic amines) is 1. The number of rotatable bonds is 4. The number of hydrogen-bond donors (Lipinski definition) is 1. The van der Waals surface area contributed by atoms with E-state index in [-0.39, 0.29) is 0 Å². The Hall–Kier alpha value is -0.450. The van der Waals surface area contributed by atoms with E-state index in [0.717, 1.165) is 6.54 Å². The molecule has 3 atom stereocenters. The summed E-state index contributed by atoms with van der Waals surface area (Å²) >= 11 is 1.76. The molecule has 1 N–H and O–H groups in total. The lowest BCUT2D eigenvalue weighted by atomic mass is 9.98. The molecule has 3 unspecified atom stereocenters. The molecule has 0 bridgehead atoms. The monoisotopic (exact) mass is 253 g/mol. The van der Waals surface area contributed by atoms with Crippen LogP contribution in [0.5, 0.6) is 0 Å². The molecule has 4 heteroatoms. The van der Waals surface area contributed by atoms with E-state index in [2.05, 4.69) is 41.5 Å². The summed E-state index contributed by atoms with van der Waals surface area (Å²) in [6.45, 7) is 6.83. The van der Waals surface area contributed by atoms with Crippen LogP contribution in [0, 0.1) is 0 Å². The van der Waals surface area contributed by atoms with E-state index in [0.29, 0.717) is 18.0 Å². The van der Waals surface area contributed by atoms with Crippen LogP contribution in [0.25, 0.3) is 0 Å². The summed E-state index contributed by atoms with van der Waals surface area (Å²) < 4.78 is 0. The number of hydrogen-bond acceptors (Lipinski definition) is 4. The van der Waals surface area contributed by atoms with Crippen LogP contribution in [0.15, 0.2) is 11.6 Å². The van der Waals surface area contributed by atoms with Crippen molar-refractivity contribution in [3.63, 3.8) is 0 Å². The van der Waals surface area contributed by atoms with Crippen molar-refractivity contribution in [3.05, 3.63) is 16.6 Å². The van der Waals surface area contributed by atoms with Gasteiger partial charge < -0.3 is 10.2 Å². The fourth-order valence-corrected chi connectivity index (χ4v) is 3.08. The molecule has 1 saturated heterocycles. The summed E-state index contributed by atoms with van der Waals surface area (Å²) in [6.07, 6.45) is 4.43. The Kier molecular flexibility index (Phi) is 4.54. The molecule has 0 saturated carbocycles. The van der Waals surface area contributed by atoms with Crippen LogP contribution < -0.4 is 5.32 Å². The number of piperidine rings is 1. The summed E-state index contributed by atoms with van der Waals surface area (Å²) in [4.78, 5) is 6.82. The van der Waals surface area contributed by atoms with Crippen LogP contribution >= 0.6 is 11.3 Å². The Morgan fingerprint density at radius 1 is 1.65 bits per heavy atom. The quantitative estimate of drug-likeness (QED) is 0.892. The summed E-state index contributed by atoms with van der Waals surface area (Å²) in [5, 5.41) is 7.01. The Balaban J connectivity index is 1.75. The summed E-state index contributed by atoms with van der Waals surface area (Å²) in [7, 11) is 2.22. The zero-order chi connectivity index (χ0) is 12.3. The lowest BCUT2D eigenvalue weighted by Crippen LogP contribution is -2.46. The van der Waals surface area contributed by atoms with Gasteiger partial charge in [0, 0.05) is 36.1 Å². The van der Waals surface area contributed by atoms with Crippen LogP contribution in [0.4, 0.5) is 0 Å². The second-order valence-corrected chi connectivity index (χ2v) is 6.16. The largest absolute Gasteiger partial charge is 0.313 e. The minimum absolute atomic E-state index is 0.532. The van der Waals surface area contributed by atoms with Crippen molar-refractivity contribution < 1.29 is 0 Å². The molecule has 3 nitrogen and oxygen atoms in total. The fourth-order valence-electron chi connectivity index (χ4n) is 2.38. The molecule has 0 spiro atoms. The minimum atomic E-state index is 0.532. The average Bonchev–Trinajstić information content (AvgIpc) is 2.84. The lowest BCUT2D eigenvalue weighted by molar-refractivity contribution is 0.168. The maximum atomic E-state index is 4.38. The van der Waals surface area contributed by atoms with Crippen molar-refractivity contribution in [2.45, 2.75) is 44.7 Å². The Labute approximate surface area is 108 Å². The van der Waals surface area contributed by atoms with Crippen LogP contribution in [-0.2, 0) is 0 Å². The average molecular weight is 253 g/mol. The number of nitrogens with one attached hydrogen (secondary N) is 1. The van der Waals surface area contributed by atoms with Gasteiger partial charge in [0.25, 0.3) is 0 Å². The first-order valence-electron chi connectivity index (χ1n) is 6.50. The Bertz CT molecular complexity index is 325. The molecule has 2 heterocycles. The van der Waals surface area contributed by atoms with Crippen molar-refractivity contribution in [3.8, 4) is 0 Å². The molecular formula is C13H23N3S. The molecule has 17 heavy (non-hydrogen) atoms. The van der Waals surface area contributed by atoms with E-state index >= 15 is 0 Å². The van der Waals surface area contributed by atoms with Crippen molar-refractivity contribution in [2.75, 3.05) is 20.1 Å². The third-order valence-corrected chi connectivity index (χ3v) is 4.80. The molecule has 1 aromatic rings. The molecule has 1 aromatic heterocycles. The van der Waals surface area contributed by atoms with Gasteiger partial charge in [0.05, 0.1) is 5.01 Å². The zero-order valence-corrected chi connectivity index (χ0v) is 11.8. The topological polar surface area (TPSA) is 28.2 Å². The van der Waals surface area contributed by atoms with Crippen molar-refractivity contribution in [1.29, 1.82) is 0 Å². The number of thiazole rings is 1. The molecule has 0 aromatic carbocycles. The van der Waals surface area contributed by atoms with E-state index in [1.807, 2.05) is 6.20 Å². The van der Waals surface area contributed by atoms with Crippen molar-refractivity contribution >= 4 is 11.3 Å². The third-order valence-electron chi connectivity index (χ3n) is 3.79. The molecule has 1 fully saturated rings. The SMILES string of the molecule is CC(CNC1CCN(C)C(C)C1)c1nccs1. The summed E-state index contributed by atoms with van der Waals surface area (Å²) in [6, 6.07) is 1.39. The highest BCUT2D eigenvalue weighted by molar-refractivity contribution is 7.09. The van der Waals surface area contributed by atoms with Crippen LogP contribution in [-0.4, -0.2) is 42.1 Å². The molecular weight excluding hydrogens is 230 g/mol. The van der Waals surface area contributed by atoms with Gasteiger partial charge in [-0.2, -0.15) is 0 Å². The maximum absolute atomic E-state index is 4.38. The highest BCUT2D eigenvalue weighted by Gasteiger charge is 2.22. The number of nitrogens with zero attached hydrogens (tertiary/aromatic N) is 2. The third kappa shape index (κ3) is 3.50. The zero-order valence-electron chi connectivity index (χ0n) is 11.0. The van der Waals surface area contributed by atoms with Gasteiger partial charge in [0.1, 0.15) is 0 Å². The smallest absolute Gasteiger partial charge is 0.0965 e. The standard InChI is InChI=1S/C13H23N3S/c1-10(13-14-5-7-17-13)9-15-12-4-6-16(3)11(2)8-12/h5,7,10-12,15H,4,6,8-9H2,1-3H3. The fraction of sp³-hybridized carbons (Fsp3) is 0.769. The normalized spacial score (nSPS) is 28.2. The van der Waals surface area contributed by atoms with E-state index in [1.54, 1.807) is 11.3 Å². The van der Waals surface area contributed by atoms with Crippen LogP contribution in [0.2, 0.25) is 0 Å². The summed E-state index contributed by atoms with van der Waals surface area (Å²) in [5.74, 6) is 0.532. The maximum Gasteiger partial charge on any atom is 0.0965 e. The second kappa shape index (κ2) is 5.94. The molecule has 0 amide bonds. The first kappa shape index (κ1) is 13.0. The van der Waals surface area contributed by atoms with Gasteiger partial charge in [-0.05, 0) is 33.4 Å². The summed E-state index contributed by atoms with van der Waals surface area (Å²) in [5.41, 5.74) is 0. The first-order chi connectivity index (χ1) is 8.16. The molecule has 1 aliphatic heterocycles. The van der Waals surface area contributed by atoms with Crippen molar-refractivity contribution in [1.82, 2.24) is 15.2 Å². The minimum Gasteiger partial charge on any atom is -0.313 e. The highest BCUT2D eigenvalue weighted by Crippen LogP contribution is 2.19. The predicted octanol–water partition coefficient (Wildman–Crippen LogP) is 2.32. The first-order valence-corrected chi connectivity index (χ1v) is 7.37. The molecule has 1 aliphatic rings.